The van der Waals surface area contributed by atoms with Crippen LogP contribution in [-0.4, -0.2) is 29.3 Å². The summed E-state index contributed by atoms with van der Waals surface area (Å²) in [4.78, 5) is 20.2. The zero-order chi connectivity index (χ0) is 13.4. The second-order valence-corrected chi connectivity index (χ2v) is 3.31. The second kappa shape index (κ2) is 8.92. The van der Waals surface area contributed by atoms with Gasteiger partial charge in [-0.2, -0.15) is 0 Å². The van der Waals surface area contributed by atoms with Crippen molar-refractivity contribution in [3.8, 4) is 0 Å². The molecule has 0 aromatic heterocycles. The maximum Gasteiger partial charge on any atom is 2.00 e. The number of carbonyl (C=O) groups excluding carboxylic acids is 2. The molecule has 5 heteroatoms. The van der Waals surface area contributed by atoms with E-state index in [0.29, 0.717) is 0 Å². The van der Waals surface area contributed by atoms with Crippen LogP contribution in [0.3, 0.4) is 0 Å². The van der Waals surface area contributed by atoms with Crippen LogP contribution in [0.1, 0.15) is 20.7 Å². The molecule has 2 aromatic rings. The molecule has 0 spiro atoms. The largest absolute Gasteiger partial charge is 2.00 e. The van der Waals surface area contributed by atoms with Gasteiger partial charge < -0.3 is 19.8 Å². The number of hydrogen-bond acceptors (Lipinski definition) is 4. The standard InChI is InChI=1S/2C7H6O2.Al/c2*8-7(9)6-4-2-1-3-5-6;/h2*1-5H,(H,8,9);/q;;+2/p-2. The Morgan fingerprint density at radius 2 is 0.895 bits per heavy atom. The number of benzene rings is 2. The number of carboxylic acid groups (broad SMARTS) is 2. The van der Waals surface area contributed by atoms with Gasteiger partial charge in [0.05, 0.1) is 11.9 Å². The summed E-state index contributed by atoms with van der Waals surface area (Å²) in [5.41, 5.74) is 0.440. The fourth-order valence-corrected chi connectivity index (χ4v) is 1.15. The fraction of sp³-hybridized carbons (Fsp3) is 0. The first kappa shape index (κ1) is 16.9. The third kappa shape index (κ3) is 6.41. The minimum atomic E-state index is -1.13. The van der Waals surface area contributed by atoms with Crippen molar-refractivity contribution in [3.05, 3.63) is 71.8 Å². The maximum atomic E-state index is 10.1. The van der Waals surface area contributed by atoms with Gasteiger partial charge >= 0.3 is 17.4 Å². The van der Waals surface area contributed by atoms with E-state index in [-0.39, 0.29) is 28.5 Å². The molecule has 19 heavy (non-hydrogen) atoms. The van der Waals surface area contributed by atoms with E-state index in [4.69, 9.17) is 0 Å². The molecule has 0 N–H and O–H groups in total. The number of carboxylic acids is 2. The number of rotatable bonds is 2. The molecule has 93 valence electrons. The SMILES string of the molecule is O=C([O-])c1ccccc1.O=C([O-])c1ccccc1.[Al+2]. The van der Waals surface area contributed by atoms with Gasteiger partial charge in [-0.05, 0) is 11.1 Å². The van der Waals surface area contributed by atoms with Gasteiger partial charge in [-0.15, -0.1) is 0 Å². The molecule has 1 radical (unpaired) electrons. The van der Waals surface area contributed by atoms with E-state index >= 15 is 0 Å². The molecule has 0 unspecified atom stereocenters. The minimum Gasteiger partial charge on any atom is -0.545 e. The fourth-order valence-electron chi connectivity index (χ4n) is 1.15. The summed E-state index contributed by atoms with van der Waals surface area (Å²) >= 11 is 0. The number of carbonyl (C=O) groups is 2. The van der Waals surface area contributed by atoms with E-state index in [1.807, 2.05) is 0 Å². The van der Waals surface area contributed by atoms with E-state index in [1.165, 1.54) is 24.3 Å². The van der Waals surface area contributed by atoms with E-state index in [0.717, 1.165) is 0 Å². The van der Waals surface area contributed by atoms with E-state index in [9.17, 15) is 19.8 Å². The molecule has 0 aliphatic rings. The molecule has 0 aliphatic heterocycles. The molecule has 0 aliphatic carbocycles. The molecular formula is C14H10AlO4. The summed E-state index contributed by atoms with van der Waals surface area (Å²) in [6.07, 6.45) is 0. The summed E-state index contributed by atoms with van der Waals surface area (Å²) < 4.78 is 0. The van der Waals surface area contributed by atoms with Crippen molar-refractivity contribution in [2.75, 3.05) is 0 Å². The van der Waals surface area contributed by atoms with E-state index in [1.54, 1.807) is 36.4 Å². The Balaban J connectivity index is 0.000000324. The molecular weight excluding hydrogens is 259 g/mol. The van der Waals surface area contributed by atoms with Gasteiger partial charge in [0.15, 0.2) is 0 Å². The van der Waals surface area contributed by atoms with Gasteiger partial charge in [0.25, 0.3) is 0 Å². The predicted molar refractivity (Wildman–Crippen MR) is 67.3 cm³/mol. The number of aromatic carboxylic acids is 2. The van der Waals surface area contributed by atoms with Crippen molar-refractivity contribution < 1.29 is 19.8 Å². The van der Waals surface area contributed by atoms with Gasteiger partial charge in [-0.25, -0.2) is 0 Å². The summed E-state index contributed by atoms with van der Waals surface area (Å²) in [6.45, 7) is 0. The van der Waals surface area contributed by atoms with Crippen LogP contribution in [0.5, 0.6) is 0 Å². The first-order valence-electron chi connectivity index (χ1n) is 5.14. The molecule has 0 fully saturated rings. The molecule has 0 saturated heterocycles. The average molecular weight is 269 g/mol. The molecule has 4 nitrogen and oxygen atoms in total. The molecule has 2 rings (SSSR count). The topological polar surface area (TPSA) is 80.3 Å². The second-order valence-electron chi connectivity index (χ2n) is 3.31. The maximum absolute atomic E-state index is 10.1. The molecule has 0 saturated carbocycles. The van der Waals surface area contributed by atoms with Gasteiger partial charge in [0.2, 0.25) is 0 Å². The van der Waals surface area contributed by atoms with Crippen LogP contribution in [0.15, 0.2) is 60.7 Å². The quantitative estimate of drug-likeness (QED) is 0.702. The third-order valence-corrected chi connectivity index (χ3v) is 2.02. The van der Waals surface area contributed by atoms with Crippen LogP contribution in [-0.2, 0) is 0 Å². The predicted octanol–water partition coefficient (Wildman–Crippen LogP) is -0.281. The molecule has 0 amide bonds. The Bertz CT molecular complexity index is 462. The van der Waals surface area contributed by atoms with Crippen molar-refractivity contribution in [1.29, 1.82) is 0 Å². The zero-order valence-electron chi connectivity index (χ0n) is 9.98. The molecule has 2 aromatic carbocycles. The Morgan fingerprint density at radius 3 is 1.05 bits per heavy atom. The van der Waals surface area contributed by atoms with Crippen molar-refractivity contribution >= 4 is 29.3 Å². The normalized spacial score (nSPS) is 8.42. The summed E-state index contributed by atoms with van der Waals surface area (Å²) in [5, 5.41) is 20.2. The van der Waals surface area contributed by atoms with Crippen LogP contribution in [0, 0.1) is 0 Å². The molecule has 0 bridgehead atoms. The van der Waals surface area contributed by atoms with Crippen LogP contribution in [0.2, 0.25) is 0 Å². The van der Waals surface area contributed by atoms with Crippen LogP contribution >= 0.6 is 0 Å². The van der Waals surface area contributed by atoms with Gasteiger partial charge in [-0.1, -0.05) is 60.7 Å². The van der Waals surface area contributed by atoms with Crippen LogP contribution in [0.4, 0.5) is 0 Å². The zero-order valence-corrected chi connectivity index (χ0v) is 11.1. The van der Waals surface area contributed by atoms with Gasteiger partial charge in [0.1, 0.15) is 0 Å². The van der Waals surface area contributed by atoms with Crippen molar-refractivity contribution in [2.24, 2.45) is 0 Å². The minimum absolute atomic E-state index is 0. The van der Waals surface area contributed by atoms with E-state index in [2.05, 4.69) is 0 Å². The number of hydrogen-bond donors (Lipinski definition) is 0. The van der Waals surface area contributed by atoms with Crippen LogP contribution in [0.25, 0.3) is 0 Å². The smallest absolute Gasteiger partial charge is 0.545 e. The molecule has 0 atom stereocenters. The average Bonchev–Trinajstić information content (AvgIpc) is 2.41. The third-order valence-electron chi connectivity index (χ3n) is 2.02. The Labute approximate surface area is 121 Å². The molecule has 0 heterocycles. The van der Waals surface area contributed by atoms with E-state index < -0.39 is 11.9 Å². The Hall–Kier alpha value is -2.09. The summed E-state index contributed by atoms with van der Waals surface area (Å²) in [6, 6.07) is 16.1. The monoisotopic (exact) mass is 269 g/mol. The first-order valence-corrected chi connectivity index (χ1v) is 5.14. The first-order chi connectivity index (χ1) is 8.61. The van der Waals surface area contributed by atoms with Gasteiger partial charge in [-0.3, -0.25) is 0 Å². The Kier molecular flexibility index (Phi) is 7.94. The Morgan fingerprint density at radius 1 is 0.632 bits per heavy atom. The summed E-state index contributed by atoms with van der Waals surface area (Å²) in [5.74, 6) is -2.26. The van der Waals surface area contributed by atoms with Crippen molar-refractivity contribution in [2.45, 2.75) is 0 Å². The van der Waals surface area contributed by atoms with Crippen molar-refractivity contribution in [3.63, 3.8) is 0 Å². The van der Waals surface area contributed by atoms with Crippen LogP contribution < -0.4 is 10.2 Å². The van der Waals surface area contributed by atoms with Crippen molar-refractivity contribution in [1.82, 2.24) is 0 Å². The van der Waals surface area contributed by atoms with Gasteiger partial charge in [0, 0.05) is 0 Å². The summed E-state index contributed by atoms with van der Waals surface area (Å²) in [7, 11) is 0.